The van der Waals surface area contributed by atoms with E-state index in [1.165, 1.54) is 44.9 Å². The standard InChI is InChI=1S/C24H45BI.Li/c1-9-11-13-15-16-18-24(26)25(22(7)20(3)4,23(8)21(5)6)19-17-14-12-10-2;/h18,20-23H,9-16H2,1-8H3;/q-1;+1/b24-18-;. The number of halogens is 1. The van der Waals surface area contributed by atoms with Crippen molar-refractivity contribution in [3.63, 3.8) is 0 Å². The smallest absolute Gasteiger partial charge is 0.308 e. The van der Waals surface area contributed by atoms with Gasteiger partial charge in [-0.3, -0.25) is 0 Å². The molecule has 0 aliphatic carbocycles. The summed E-state index contributed by atoms with van der Waals surface area (Å²) in [5, 5.41) is 0. The van der Waals surface area contributed by atoms with E-state index in [9.17, 15) is 0 Å². The molecule has 0 nitrogen and oxygen atoms in total. The Hall–Kier alpha value is 0.692. The van der Waals surface area contributed by atoms with Gasteiger partial charge < -0.3 is 5.82 Å². The summed E-state index contributed by atoms with van der Waals surface area (Å²) in [5.41, 5.74) is 0. The number of hydrogen-bond donors (Lipinski definition) is 0. The van der Waals surface area contributed by atoms with Crippen molar-refractivity contribution < 1.29 is 18.9 Å². The summed E-state index contributed by atoms with van der Waals surface area (Å²) in [5.74, 6) is 10.1. The third-order valence-electron chi connectivity index (χ3n) is 6.61. The van der Waals surface area contributed by atoms with Gasteiger partial charge in [0.15, 0.2) is 0 Å². The molecule has 0 aromatic rings. The van der Waals surface area contributed by atoms with Crippen LogP contribution < -0.4 is 18.9 Å². The Morgan fingerprint density at radius 3 is 1.81 bits per heavy atom. The number of unbranched alkanes of at least 4 members (excludes halogenated alkanes) is 6. The first-order valence-corrected chi connectivity index (χ1v) is 12.4. The van der Waals surface area contributed by atoms with E-state index in [4.69, 9.17) is 0 Å². The Morgan fingerprint density at radius 1 is 0.852 bits per heavy atom. The molecular formula is C24H45BILi. The Labute approximate surface area is 198 Å². The summed E-state index contributed by atoms with van der Waals surface area (Å²) >= 11 is 2.66. The quantitative estimate of drug-likeness (QED) is 0.138. The van der Waals surface area contributed by atoms with Crippen LogP contribution in [0.25, 0.3) is 0 Å². The van der Waals surface area contributed by atoms with E-state index in [-0.39, 0.29) is 18.9 Å². The fourth-order valence-corrected chi connectivity index (χ4v) is 5.64. The topological polar surface area (TPSA) is 0 Å². The van der Waals surface area contributed by atoms with Crippen molar-refractivity contribution in [3.8, 4) is 11.7 Å². The van der Waals surface area contributed by atoms with E-state index in [1.807, 2.05) is 0 Å². The molecule has 0 rings (SSSR count). The zero-order valence-electron chi connectivity index (χ0n) is 20.0. The summed E-state index contributed by atoms with van der Waals surface area (Å²) in [7, 11) is 0. The van der Waals surface area contributed by atoms with Crippen LogP contribution in [-0.2, 0) is 0 Å². The molecule has 0 N–H and O–H groups in total. The largest absolute Gasteiger partial charge is 1.00 e. The van der Waals surface area contributed by atoms with E-state index in [0.29, 0.717) is 23.5 Å². The summed E-state index contributed by atoms with van der Waals surface area (Å²) in [6.45, 7) is 19.0. The average Bonchev–Trinajstić information content (AvgIpc) is 2.60. The fraction of sp³-hybridized carbons (Fsp3) is 0.833. The Bertz CT molecular complexity index is 445. The van der Waals surface area contributed by atoms with Crippen LogP contribution >= 0.6 is 22.6 Å². The Morgan fingerprint density at radius 2 is 1.37 bits per heavy atom. The molecule has 0 saturated heterocycles. The molecule has 0 fully saturated rings. The monoisotopic (exact) mass is 478 g/mol. The van der Waals surface area contributed by atoms with Gasteiger partial charge in [0.25, 0.3) is 0 Å². The summed E-state index contributed by atoms with van der Waals surface area (Å²) in [6.07, 6.45) is 11.8. The second-order valence-electron chi connectivity index (χ2n) is 9.07. The average molecular weight is 478 g/mol. The van der Waals surface area contributed by atoms with Gasteiger partial charge >= 0.3 is 18.9 Å². The molecule has 0 saturated carbocycles. The van der Waals surface area contributed by atoms with E-state index < -0.39 is 6.15 Å². The molecule has 2 unspecified atom stereocenters. The zero-order chi connectivity index (χ0) is 20.2. The number of rotatable bonds is 12. The van der Waals surface area contributed by atoms with Gasteiger partial charge in [0, 0.05) is 6.42 Å². The molecule has 0 aliphatic rings. The number of allylic oxidation sites excluding steroid dienone is 1. The minimum absolute atomic E-state index is 0. The molecule has 0 heterocycles. The van der Waals surface area contributed by atoms with Gasteiger partial charge in [0.2, 0.25) is 0 Å². The first-order chi connectivity index (χ1) is 12.3. The molecule has 0 aromatic carbocycles. The SMILES string of the molecule is CCCCC#C[B-](/C(I)=C/CCCCCC)(C(C)C(C)C)C(C)C(C)C.[Li+]. The van der Waals surface area contributed by atoms with E-state index in [1.54, 1.807) is 3.48 Å². The minimum atomic E-state index is -0.838. The predicted octanol–water partition coefficient (Wildman–Crippen LogP) is 6.09. The van der Waals surface area contributed by atoms with Crippen LogP contribution in [-0.4, -0.2) is 6.15 Å². The molecule has 0 amide bonds. The third kappa shape index (κ3) is 9.83. The van der Waals surface area contributed by atoms with Gasteiger partial charge in [-0.25, -0.2) is 0 Å². The van der Waals surface area contributed by atoms with Gasteiger partial charge in [-0.15, -0.1) is 12.0 Å². The molecular weight excluding hydrogens is 433 g/mol. The van der Waals surface area contributed by atoms with Crippen molar-refractivity contribution >= 4 is 28.7 Å². The zero-order valence-corrected chi connectivity index (χ0v) is 22.2. The molecule has 0 radical (unpaired) electrons. The first-order valence-electron chi connectivity index (χ1n) is 11.3. The number of hydrogen-bond acceptors (Lipinski definition) is 0. The van der Waals surface area contributed by atoms with E-state index in [0.717, 1.165) is 6.42 Å². The van der Waals surface area contributed by atoms with Crippen LogP contribution in [0.3, 0.4) is 0 Å². The van der Waals surface area contributed by atoms with Crippen LogP contribution in [0.1, 0.15) is 107 Å². The minimum Gasteiger partial charge on any atom is -0.308 e. The molecule has 27 heavy (non-hydrogen) atoms. The molecule has 0 bridgehead atoms. The summed E-state index contributed by atoms with van der Waals surface area (Å²) in [4.78, 5) is 0. The normalized spacial score (nSPS) is 16.3. The van der Waals surface area contributed by atoms with Crippen LogP contribution in [0.2, 0.25) is 11.6 Å². The van der Waals surface area contributed by atoms with Crippen molar-refractivity contribution in [1.82, 2.24) is 0 Å². The maximum absolute atomic E-state index is 3.92. The van der Waals surface area contributed by atoms with Gasteiger partial charge in [-0.1, -0.05) is 115 Å². The van der Waals surface area contributed by atoms with Crippen molar-refractivity contribution in [2.24, 2.45) is 11.8 Å². The second-order valence-corrected chi connectivity index (χ2v) is 10.3. The molecule has 0 aliphatic heterocycles. The van der Waals surface area contributed by atoms with Gasteiger partial charge in [0.1, 0.15) is 6.15 Å². The van der Waals surface area contributed by atoms with E-state index in [2.05, 4.69) is 95.8 Å². The van der Waals surface area contributed by atoms with Crippen LogP contribution in [0.15, 0.2) is 9.56 Å². The van der Waals surface area contributed by atoms with Crippen molar-refractivity contribution in [1.29, 1.82) is 0 Å². The van der Waals surface area contributed by atoms with Crippen molar-refractivity contribution in [2.45, 2.75) is 118 Å². The van der Waals surface area contributed by atoms with Crippen LogP contribution in [0.4, 0.5) is 0 Å². The first kappa shape index (κ1) is 29.9. The second kappa shape index (κ2) is 16.5. The Kier molecular flexibility index (Phi) is 18.3. The maximum atomic E-state index is 3.92. The molecule has 2 atom stereocenters. The fourth-order valence-electron chi connectivity index (χ4n) is 4.04. The predicted molar refractivity (Wildman–Crippen MR) is 132 cm³/mol. The Balaban J connectivity index is 0. The third-order valence-corrected chi connectivity index (χ3v) is 8.08. The van der Waals surface area contributed by atoms with Gasteiger partial charge in [0.05, 0.1) is 0 Å². The van der Waals surface area contributed by atoms with Crippen LogP contribution in [0, 0.1) is 23.6 Å². The molecule has 152 valence electrons. The van der Waals surface area contributed by atoms with Crippen LogP contribution in [0.5, 0.6) is 0 Å². The van der Waals surface area contributed by atoms with E-state index >= 15 is 0 Å². The maximum Gasteiger partial charge on any atom is 1.00 e. The van der Waals surface area contributed by atoms with Gasteiger partial charge in [-0.05, 0) is 19.3 Å². The molecule has 3 heteroatoms. The molecule has 0 aromatic heterocycles. The summed E-state index contributed by atoms with van der Waals surface area (Å²) < 4.78 is 1.56. The summed E-state index contributed by atoms with van der Waals surface area (Å²) in [6, 6.07) is 0. The molecule has 0 spiro atoms. The van der Waals surface area contributed by atoms with Crippen molar-refractivity contribution in [2.75, 3.05) is 0 Å². The van der Waals surface area contributed by atoms with Crippen molar-refractivity contribution in [3.05, 3.63) is 9.56 Å². The van der Waals surface area contributed by atoms with Gasteiger partial charge in [-0.2, -0.15) is 15.1 Å².